The van der Waals surface area contributed by atoms with Gasteiger partial charge in [0.2, 0.25) is 5.91 Å². The van der Waals surface area contributed by atoms with Gasteiger partial charge < -0.3 is 14.8 Å². The topological polar surface area (TPSA) is 47.6 Å². The maximum atomic E-state index is 10.8. The quantitative estimate of drug-likeness (QED) is 0.831. The summed E-state index contributed by atoms with van der Waals surface area (Å²) in [5.41, 5.74) is 1.93. The van der Waals surface area contributed by atoms with E-state index < -0.39 is 0 Å². The summed E-state index contributed by atoms with van der Waals surface area (Å²) in [6, 6.07) is 7.72. The molecular weight excluding hydrogens is 206 g/mol. The Morgan fingerprint density at radius 3 is 2.69 bits per heavy atom. The molecule has 0 spiro atoms. The second-order valence-electron chi connectivity index (χ2n) is 3.77. The summed E-state index contributed by atoms with van der Waals surface area (Å²) in [7, 11) is 0. The van der Waals surface area contributed by atoms with E-state index in [9.17, 15) is 4.79 Å². The highest BCUT2D eigenvalue weighted by molar-refractivity contribution is 5.88. The molecule has 1 heterocycles. The molecule has 1 fully saturated rings. The van der Waals surface area contributed by atoms with Crippen LogP contribution in [0.1, 0.15) is 25.0 Å². The maximum absolute atomic E-state index is 10.8. The van der Waals surface area contributed by atoms with Gasteiger partial charge in [0.25, 0.3) is 0 Å². The van der Waals surface area contributed by atoms with Crippen LogP contribution in [0.15, 0.2) is 24.3 Å². The number of anilines is 1. The summed E-state index contributed by atoms with van der Waals surface area (Å²) in [5.74, 6) is -0.0601. The number of rotatable bonds is 2. The summed E-state index contributed by atoms with van der Waals surface area (Å²) in [5, 5.41) is 2.73. The first-order chi connectivity index (χ1) is 7.75. The highest BCUT2D eigenvalue weighted by Crippen LogP contribution is 2.25. The first-order valence-corrected chi connectivity index (χ1v) is 5.32. The fourth-order valence-corrected chi connectivity index (χ4v) is 1.71. The van der Waals surface area contributed by atoms with E-state index in [1.165, 1.54) is 6.92 Å². The van der Waals surface area contributed by atoms with Crippen LogP contribution < -0.4 is 5.32 Å². The lowest BCUT2D eigenvalue weighted by Crippen LogP contribution is -2.17. The van der Waals surface area contributed by atoms with E-state index in [2.05, 4.69) is 5.32 Å². The molecule has 1 atom stereocenters. The minimum Gasteiger partial charge on any atom is -0.355 e. The monoisotopic (exact) mass is 221 g/mol. The van der Waals surface area contributed by atoms with Gasteiger partial charge in [0, 0.05) is 19.0 Å². The molecule has 16 heavy (non-hydrogen) atoms. The van der Waals surface area contributed by atoms with Crippen LogP contribution >= 0.6 is 0 Å². The van der Waals surface area contributed by atoms with Gasteiger partial charge in [0.15, 0.2) is 0 Å². The number of hydrogen-bond acceptors (Lipinski definition) is 3. The van der Waals surface area contributed by atoms with Crippen LogP contribution in [-0.4, -0.2) is 19.3 Å². The Hall–Kier alpha value is -1.39. The van der Waals surface area contributed by atoms with Crippen molar-refractivity contribution in [1.82, 2.24) is 0 Å². The second-order valence-corrected chi connectivity index (χ2v) is 3.77. The molecule has 1 aliphatic rings. The summed E-state index contributed by atoms with van der Waals surface area (Å²) >= 11 is 0. The molecule has 86 valence electrons. The van der Waals surface area contributed by atoms with E-state index in [0.29, 0.717) is 6.79 Å². The van der Waals surface area contributed by atoms with Gasteiger partial charge in [-0.1, -0.05) is 12.1 Å². The fraction of sp³-hybridized carbons (Fsp3) is 0.417. The standard InChI is InChI=1S/C12H15NO3/c1-9(14)13-11-4-2-10(3-5-11)12-6-7-15-8-16-12/h2-5,12H,6-8H2,1H3,(H,13,14). The van der Waals surface area contributed by atoms with Gasteiger partial charge in [0.05, 0.1) is 12.7 Å². The Kier molecular flexibility index (Phi) is 3.54. The number of carbonyl (C=O) groups excluding carboxylic acids is 1. The van der Waals surface area contributed by atoms with Crippen LogP contribution in [0, 0.1) is 0 Å². The summed E-state index contributed by atoms with van der Waals surface area (Å²) in [6.45, 7) is 2.59. The molecule has 4 heteroatoms. The van der Waals surface area contributed by atoms with Crippen molar-refractivity contribution < 1.29 is 14.3 Å². The first-order valence-electron chi connectivity index (χ1n) is 5.32. The average molecular weight is 221 g/mol. The molecule has 1 aliphatic heterocycles. The Morgan fingerprint density at radius 2 is 2.12 bits per heavy atom. The van der Waals surface area contributed by atoms with Crippen LogP contribution in [0.5, 0.6) is 0 Å². The molecule has 4 nitrogen and oxygen atoms in total. The Bertz CT molecular complexity index is 355. The number of benzene rings is 1. The first kappa shape index (κ1) is 11.1. The lowest BCUT2D eigenvalue weighted by Gasteiger charge is -2.23. The van der Waals surface area contributed by atoms with Crippen molar-refractivity contribution in [3.05, 3.63) is 29.8 Å². The van der Waals surface area contributed by atoms with Crippen molar-refractivity contribution in [2.24, 2.45) is 0 Å². The zero-order valence-corrected chi connectivity index (χ0v) is 9.23. The second kappa shape index (κ2) is 5.09. The van der Waals surface area contributed by atoms with E-state index in [-0.39, 0.29) is 12.0 Å². The van der Waals surface area contributed by atoms with E-state index in [1.807, 2.05) is 24.3 Å². The molecule has 1 unspecified atom stereocenters. The summed E-state index contributed by atoms with van der Waals surface area (Å²) < 4.78 is 10.6. The highest BCUT2D eigenvalue weighted by Gasteiger charge is 2.15. The lowest BCUT2D eigenvalue weighted by molar-refractivity contribution is -0.140. The molecular formula is C12H15NO3. The van der Waals surface area contributed by atoms with Crippen molar-refractivity contribution in [2.75, 3.05) is 18.7 Å². The van der Waals surface area contributed by atoms with Crippen molar-refractivity contribution in [3.63, 3.8) is 0 Å². The highest BCUT2D eigenvalue weighted by atomic mass is 16.7. The van der Waals surface area contributed by atoms with E-state index in [1.54, 1.807) is 0 Å². The molecule has 0 bridgehead atoms. The SMILES string of the molecule is CC(=O)Nc1ccc(C2CCOCO2)cc1. The molecule has 1 aromatic carbocycles. The van der Waals surface area contributed by atoms with Gasteiger partial charge in [-0.05, 0) is 17.7 Å². The Balaban J connectivity index is 2.03. The van der Waals surface area contributed by atoms with Gasteiger partial charge in [-0.3, -0.25) is 4.79 Å². The minimum absolute atomic E-state index is 0.0601. The van der Waals surface area contributed by atoms with Gasteiger partial charge in [-0.15, -0.1) is 0 Å². The Morgan fingerprint density at radius 1 is 1.38 bits per heavy atom. The van der Waals surface area contributed by atoms with Crippen LogP contribution in [0.25, 0.3) is 0 Å². The predicted molar refractivity (Wildman–Crippen MR) is 60.0 cm³/mol. The molecule has 1 amide bonds. The zero-order chi connectivity index (χ0) is 11.4. The number of hydrogen-bond donors (Lipinski definition) is 1. The number of ether oxygens (including phenoxy) is 2. The van der Waals surface area contributed by atoms with E-state index in [4.69, 9.17) is 9.47 Å². The Labute approximate surface area is 94.6 Å². The number of nitrogens with one attached hydrogen (secondary N) is 1. The fourth-order valence-electron chi connectivity index (χ4n) is 1.71. The van der Waals surface area contributed by atoms with Crippen LogP contribution in [0.2, 0.25) is 0 Å². The van der Waals surface area contributed by atoms with Crippen molar-refractivity contribution in [3.8, 4) is 0 Å². The molecule has 1 N–H and O–H groups in total. The summed E-state index contributed by atoms with van der Waals surface area (Å²) in [6.07, 6.45) is 0.986. The van der Waals surface area contributed by atoms with Crippen molar-refractivity contribution >= 4 is 11.6 Å². The normalized spacial score (nSPS) is 20.4. The van der Waals surface area contributed by atoms with E-state index in [0.717, 1.165) is 24.3 Å². The third kappa shape index (κ3) is 2.81. The van der Waals surface area contributed by atoms with Crippen molar-refractivity contribution in [1.29, 1.82) is 0 Å². The van der Waals surface area contributed by atoms with Crippen LogP contribution in [0.3, 0.4) is 0 Å². The molecule has 0 radical (unpaired) electrons. The molecule has 0 aliphatic carbocycles. The molecule has 1 saturated heterocycles. The zero-order valence-electron chi connectivity index (χ0n) is 9.23. The number of carbonyl (C=O) groups is 1. The summed E-state index contributed by atoms with van der Waals surface area (Å²) in [4.78, 5) is 10.8. The molecule has 0 saturated carbocycles. The van der Waals surface area contributed by atoms with Crippen LogP contribution in [0.4, 0.5) is 5.69 Å². The smallest absolute Gasteiger partial charge is 0.221 e. The van der Waals surface area contributed by atoms with Gasteiger partial charge in [0.1, 0.15) is 6.79 Å². The molecule has 1 aromatic rings. The van der Waals surface area contributed by atoms with Gasteiger partial charge in [-0.2, -0.15) is 0 Å². The van der Waals surface area contributed by atoms with Gasteiger partial charge in [-0.25, -0.2) is 0 Å². The van der Waals surface area contributed by atoms with Crippen LogP contribution in [-0.2, 0) is 14.3 Å². The maximum Gasteiger partial charge on any atom is 0.221 e. The third-order valence-corrected chi connectivity index (χ3v) is 2.48. The average Bonchev–Trinajstić information content (AvgIpc) is 2.30. The minimum atomic E-state index is -0.0601. The predicted octanol–water partition coefficient (Wildman–Crippen LogP) is 2.08. The molecule has 2 rings (SSSR count). The third-order valence-electron chi connectivity index (χ3n) is 2.48. The largest absolute Gasteiger partial charge is 0.355 e. The lowest BCUT2D eigenvalue weighted by atomic mass is 10.1. The number of amides is 1. The van der Waals surface area contributed by atoms with Gasteiger partial charge >= 0.3 is 0 Å². The van der Waals surface area contributed by atoms with Crippen molar-refractivity contribution in [2.45, 2.75) is 19.4 Å². The molecule has 0 aromatic heterocycles. The van der Waals surface area contributed by atoms with E-state index >= 15 is 0 Å².